The summed E-state index contributed by atoms with van der Waals surface area (Å²) >= 11 is 7.50. The van der Waals surface area contributed by atoms with Crippen molar-refractivity contribution in [3.63, 3.8) is 0 Å². The number of hydrogen-bond acceptors (Lipinski definition) is 4. The fourth-order valence-electron chi connectivity index (χ4n) is 2.69. The number of halogens is 1. The number of nitrogens with zero attached hydrogens (tertiary/aromatic N) is 1. The smallest absolute Gasteiger partial charge is 0.257 e. The van der Waals surface area contributed by atoms with E-state index in [0.717, 1.165) is 33.1 Å². The molecule has 0 bridgehead atoms. The maximum atomic E-state index is 12.0. The van der Waals surface area contributed by atoms with Crippen molar-refractivity contribution < 1.29 is 9.53 Å². The lowest BCUT2D eigenvalue weighted by Crippen LogP contribution is -2.30. The largest absolute Gasteiger partial charge is 0.484 e. The summed E-state index contributed by atoms with van der Waals surface area (Å²) in [4.78, 5) is 16.6. The van der Waals surface area contributed by atoms with Crippen molar-refractivity contribution in [1.29, 1.82) is 0 Å². The van der Waals surface area contributed by atoms with Crippen LogP contribution < -0.4 is 10.1 Å². The van der Waals surface area contributed by atoms with Crippen molar-refractivity contribution in [2.24, 2.45) is 0 Å². The van der Waals surface area contributed by atoms with E-state index >= 15 is 0 Å². The zero-order valence-corrected chi connectivity index (χ0v) is 16.9. The monoisotopic (exact) mass is 400 g/mol. The molecular formula is C21H21ClN2O2S. The Morgan fingerprint density at radius 2 is 1.85 bits per heavy atom. The van der Waals surface area contributed by atoms with Crippen LogP contribution in [-0.2, 0) is 11.2 Å². The molecule has 1 amide bonds. The van der Waals surface area contributed by atoms with E-state index in [1.807, 2.05) is 55.6 Å². The number of amides is 1. The first-order valence-corrected chi connectivity index (χ1v) is 9.93. The molecule has 0 unspecified atom stereocenters. The second-order valence-electron chi connectivity index (χ2n) is 6.36. The number of aromatic nitrogens is 1. The zero-order valence-electron chi connectivity index (χ0n) is 15.3. The van der Waals surface area contributed by atoms with Crippen molar-refractivity contribution in [2.75, 3.05) is 13.2 Å². The minimum atomic E-state index is -0.137. The molecule has 0 spiro atoms. The molecule has 0 aliphatic heterocycles. The molecule has 0 fully saturated rings. The van der Waals surface area contributed by atoms with Crippen LogP contribution >= 0.6 is 22.9 Å². The van der Waals surface area contributed by atoms with Gasteiger partial charge in [-0.25, -0.2) is 4.98 Å². The highest BCUT2D eigenvalue weighted by molar-refractivity contribution is 7.13. The van der Waals surface area contributed by atoms with E-state index < -0.39 is 0 Å². The van der Waals surface area contributed by atoms with Crippen LogP contribution in [0.15, 0.2) is 47.8 Å². The maximum absolute atomic E-state index is 12.0. The minimum Gasteiger partial charge on any atom is -0.484 e. The molecule has 1 N–H and O–H groups in total. The average Bonchev–Trinajstić information content (AvgIpc) is 3.09. The first-order valence-electron chi connectivity index (χ1n) is 8.68. The molecule has 0 aliphatic rings. The number of carbonyl (C=O) groups is 1. The molecule has 4 nitrogen and oxygen atoms in total. The van der Waals surface area contributed by atoms with Crippen LogP contribution in [0.3, 0.4) is 0 Å². The van der Waals surface area contributed by atoms with E-state index in [1.54, 1.807) is 11.3 Å². The summed E-state index contributed by atoms with van der Waals surface area (Å²) in [6.07, 6.45) is 0.680. The number of thiazole rings is 1. The fourth-order valence-corrected chi connectivity index (χ4v) is 3.68. The Morgan fingerprint density at radius 1 is 1.15 bits per heavy atom. The molecule has 3 rings (SSSR count). The molecule has 1 aromatic heterocycles. The van der Waals surface area contributed by atoms with E-state index in [2.05, 4.69) is 16.4 Å². The molecule has 0 radical (unpaired) electrons. The van der Waals surface area contributed by atoms with Crippen molar-refractivity contribution in [3.8, 4) is 16.3 Å². The van der Waals surface area contributed by atoms with Gasteiger partial charge in [0.25, 0.3) is 5.91 Å². The molecule has 27 heavy (non-hydrogen) atoms. The summed E-state index contributed by atoms with van der Waals surface area (Å²) in [6, 6.07) is 13.5. The van der Waals surface area contributed by atoms with E-state index in [-0.39, 0.29) is 12.5 Å². The molecule has 6 heteroatoms. The summed E-state index contributed by atoms with van der Waals surface area (Å²) < 4.78 is 5.57. The summed E-state index contributed by atoms with van der Waals surface area (Å²) in [5.74, 6) is 0.581. The third-order valence-corrected chi connectivity index (χ3v) is 5.10. The van der Waals surface area contributed by atoms with Crippen molar-refractivity contribution in [2.45, 2.75) is 20.3 Å². The highest BCUT2D eigenvalue weighted by Gasteiger charge is 2.07. The lowest BCUT2D eigenvalue weighted by molar-refractivity contribution is -0.123. The summed E-state index contributed by atoms with van der Waals surface area (Å²) in [5, 5.41) is 6.55. The SMILES string of the molecule is Cc1cc(C)cc(OCC(=O)NCCc2csc(-c3ccc(Cl)cc3)n2)c1. The van der Waals surface area contributed by atoms with Gasteiger partial charge in [0.2, 0.25) is 0 Å². The number of hydrogen-bond donors (Lipinski definition) is 1. The summed E-state index contributed by atoms with van der Waals surface area (Å²) in [6.45, 7) is 4.55. The van der Waals surface area contributed by atoms with Gasteiger partial charge in [-0.2, -0.15) is 0 Å². The Labute approximate surface area is 168 Å². The van der Waals surface area contributed by atoms with Gasteiger partial charge in [0, 0.05) is 28.9 Å². The molecule has 0 atom stereocenters. The molecule has 140 valence electrons. The van der Waals surface area contributed by atoms with Crippen molar-refractivity contribution in [1.82, 2.24) is 10.3 Å². The minimum absolute atomic E-state index is 0.00990. The normalized spacial score (nSPS) is 10.6. The third-order valence-electron chi connectivity index (χ3n) is 3.91. The van der Waals surface area contributed by atoms with Gasteiger partial charge in [0.1, 0.15) is 10.8 Å². The Kier molecular flexibility index (Phi) is 6.48. The van der Waals surface area contributed by atoms with Gasteiger partial charge < -0.3 is 10.1 Å². The van der Waals surface area contributed by atoms with Crippen LogP contribution in [0.1, 0.15) is 16.8 Å². The van der Waals surface area contributed by atoms with Crippen LogP contribution in [-0.4, -0.2) is 24.0 Å². The Hall–Kier alpha value is -2.37. The number of aryl methyl sites for hydroxylation is 2. The van der Waals surface area contributed by atoms with Crippen LogP contribution in [0, 0.1) is 13.8 Å². The Balaban J connectivity index is 1.44. The fraction of sp³-hybridized carbons (Fsp3) is 0.238. The zero-order chi connectivity index (χ0) is 19.2. The van der Waals surface area contributed by atoms with Crippen molar-refractivity contribution in [3.05, 3.63) is 69.7 Å². The number of rotatable bonds is 7. The lowest BCUT2D eigenvalue weighted by atomic mass is 10.1. The van der Waals surface area contributed by atoms with Crippen LogP contribution in [0.5, 0.6) is 5.75 Å². The van der Waals surface area contributed by atoms with Crippen LogP contribution in [0.25, 0.3) is 10.6 Å². The van der Waals surface area contributed by atoms with E-state index in [4.69, 9.17) is 16.3 Å². The third kappa shape index (κ3) is 5.81. The van der Waals surface area contributed by atoms with Gasteiger partial charge >= 0.3 is 0 Å². The molecule has 0 saturated heterocycles. The van der Waals surface area contributed by atoms with Crippen LogP contribution in [0.4, 0.5) is 0 Å². The molecule has 0 saturated carbocycles. The predicted molar refractivity (Wildman–Crippen MR) is 111 cm³/mol. The van der Waals surface area contributed by atoms with Crippen molar-refractivity contribution >= 4 is 28.8 Å². The molecule has 2 aromatic carbocycles. The first-order chi connectivity index (χ1) is 13.0. The predicted octanol–water partition coefficient (Wildman–Crippen LogP) is 4.82. The Bertz CT molecular complexity index is 902. The lowest BCUT2D eigenvalue weighted by Gasteiger charge is -2.08. The van der Waals surface area contributed by atoms with Gasteiger partial charge in [-0.15, -0.1) is 11.3 Å². The highest BCUT2D eigenvalue weighted by atomic mass is 35.5. The number of carbonyl (C=O) groups excluding carboxylic acids is 1. The number of nitrogens with one attached hydrogen (secondary N) is 1. The molecular weight excluding hydrogens is 380 g/mol. The molecule has 3 aromatic rings. The van der Waals surface area contributed by atoms with E-state index in [1.165, 1.54) is 0 Å². The standard InChI is InChI=1S/C21H21ClN2O2S/c1-14-9-15(2)11-19(10-14)26-12-20(25)23-8-7-18-13-27-21(24-18)16-3-5-17(22)6-4-16/h3-6,9-11,13H,7-8,12H2,1-2H3,(H,23,25). The van der Waals surface area contributed by atoms with Gasteiger partial charge in [0.15, 0.2) is 6.61 Å². The van der Waals surface area contributed by atoms with Gasteiger partial charge in [0.05, 0.1) is 5.69 Å². The van der Waals surface area contributed by atoms with Gasteiger partial charge in [-0.05, 0) is 49.2 Å². The summed E-state index contributed by atoms with van der Waals surface area (Å²) in [7, 11) is 0. The molecule has 0 aliphatic carbocycles. The van der Waals surface area contributed by atoms with Gasteiger partial charge in [-0.1, -0.05) is 29.8 Å². The molecule has 1 heterocycles. The second-order valence-corrected chi connectivity index (χ2v) is 7.66. The average molecular weight is 401 g/mol. The van der Waals surface area contributed by atoms with Crippen LogP contribution in [0.2, 0.25) is 5.02 Å². The summed E-state index contributed by atoms with van der Waals surface area (Å²) in [5.41, 5.74) is 4.23. The number of benzene rings is 2. The number of ether oxygens (including phenoxy) is 1. The topological polar surface area (TPSA) is 51.2 Å². The maximum Gasteiger partial charge on any atom is 0.257 e. The second kappa shape index (κ2) is 9.02. The quantitative estimate of drug-likeness (QED) is 0.618. The van der Waals surface area contributed by atoms with E-state index in [9.17, 15) is 4.79 Å². The first kappa shape index (κ1) is 19.4. The highest BCUT2D eigenvalue weighted by Crippen LogP contribution is 2.25. The van der Waals surface area contributed by atoms with E-state index in [0.29, 0.717) is 18.0 Å². The van der Waals surface area contributed by atoms with Gasteiger partial charge in [-0.3, -0.25) is 4.79 Å². The Morgan fingerprint density at radius 3 is 2.56 bits per heavy atom.